The topological polar surface area (TPSA) is 12.5 Å². The van der Waals surface area contributed by atoms with Crippen molar-refractivity contribution in [2.24, 2.45) is 5.92 Å². The summed E-state index contributed by atoms with van der Waals surface area (Å²) >= 11 is 0. The van der Waals surface area contributed by atoms with Crippen molar-refractivity contribution in [2.75, 3.05) is 19.7 Å². The van der Waals surface area contributed by atoms with E-state index in [1.54, 1.807) is 0 Å². The van der Waals surface area contributed by atoms with E-state index in [4.69, 9.17) is 4.74 Å². The summed E-state index contributed by atoms with van der Waals surface area (Å²) in [6.45, 7) is 4.50. The second-order valence-electron chi connectivity index (χ2n) is 4.64. The fourth-order valence-electron chi connectivity index (χ4n) is 2.58. The molecule has 15 heavy (non-hydrogen) atoms. The van der Waals surface area contributed by atoms with Crippen LogP contribution in [0.4, 0.5) is 0 Å². The highest BCUT2D eigenvalue weighted by Gasteiger charge is 2.36. The largest absolute Gasteiger partial charge is 0.377 e. The van der Waals surface area contributed by atoms with Crippen molar-refractivity contribution in [2.45, 2.75) is 19.1 Å². The van der Waals surface area contributed by atoms with Gasteiger partial charge in [-0.2, -0.15) is 0 Å². The molecule has 80 valence electrons. The molecule has 0 spiro atoms. The van der Waals surface area contributed by atoms with Crippen molar-refractivity contribution in [1.29, 1.82) is 0 Å². The molecule has 0 radical (unpaired) electrons. The monoisotopic (exact) mass is 203 g/mol. The molecule has 2 heterocycles. The second-order valence-corrected chi connectivity index (χ2v) is 4.64. The lowest BCUT2D eigenvalue weighted by Crippen LogP contribution is -2.52. The van der Waals surface area contributed by atoms with Crippen LogP contribution >= 0.6 is 0 Å². The molecule has 0 bridgehead atoms. The first-order chi connectivity index (χ1) is 7.42. The van der Waals surface area contributed by atoms with Crippen LogP contribution in [-0.2, 0) is 11.3 Å². The van der Waals surface area contributed by atoms with E-state index in [0.29, 0.717) is 6.10 Å². The minimum absolute atomic E-state index is 0.581. The van der Waals surface area contributed by atoms with E-state index < -0.39 is 0 Å². The zero-order valence-corrected chi connectivity index (χ0v) is 8.93. The molecule has 2 nitrogen and oxygen atoms in total. The summed E-state index contributed by atoms with van der Waals surface area (Å²) in [7, 11) is 0. The van der Waals surface area contributed by atoms with Gasteiger partial charge in [0, 0.05) is 25.6 Å². The van der Waals surface area contributed by atoms with Gasteiger partial charge in [0.2, 0.25) is 0 Å². The minimum Gasteiger partial charge on any atom is -0.377 e. The quantitative estimate of drug-likeness (QED) is 0.728. The van der Waals surface area contributed by atoms with E-state index >= 15 is 0 Å². The van der Waals surface area contributed by atoms with E-state index in [1.807, 2.05) is 0 Å². The molecule has 2 heteroatoms. The van der Waals surface area contributed by atoms with Crippen LogP contribution in [-0.4, -0.2) is 30.7 Å². The molecule has 0 unspecified atom stereocenters. The number of nitrogens with zero attached hydrogens (tertiary/aromatic N) is 1. The standard InChI is InChI=1S/C13H17NO/c1-2-4-11(5-3-1)8-14-7-6-13-12(9-14)10-15-13/h1-5,12-13H,6-10H2/t12-,13-/m1/s1. The maximum Gasteiger partial charge on any atom is 0.0649 e. The fraction of sp³-hybridized carbons (Fsp3) is 0.538. The van der Waals surface area contributed by atoms with Crippen LogP contribution in [0.15, 0.2) is 30.3 Å². The van der Waals surface area contributed by atoms with Crippen molar-refractivity contribution in [3.63, 3.8) is 0 Å². The molecule has 2 aliphatic heterocycles. The molecular formula is C13H17NO. The van der Waals surface area contributed by atoms with Crippen LogP contribution in [0.3, 0.4) is 0 Å². The Morgan fingerprint density at radius 3 is 2.80 bits per heavy atom. The molecule has 0 aromatic heterocycles. The van der Waals surface area contributed by atoms with Crippen LogP contribution < -0.4 is 0 Å². The number of hydrogen-bond acceptors (Lipinski definition) is 2. The number of hydrogen-bond donors (Lipinski definition) is 0. The van der Waals surface area contributed by atoms with Gasteiger partial charge >= 0.3 is 0 Å². The Bertz CT molecular complexity index is 325. The summed E-state index contributed by atoms with van der Waals surface area (Å²) in [4.78, 5) is 2.55. The molecule has 2 saturated heterocycles. The van der Waals surface area contributed by atoms with Crippen LogP contribution in [0.2, 0.25) is 0 Å². The van der Waals surface area contributed by atoms with Gasteiger partial charge in [0.25, 0.3) is 0 Å². The predicted octanol–water partition coefficient (Wildman–Crippen LogP) is 1.91. The molecule has 3 rings (SSSR count). The van der Waals surface area contributed by atoms with Crippen molar-refractivity contribution in [3.05, 3.63) is 35.9 Å². The Morgan fingerprint density at radius 2 is 2.13 bits per heavy atom. The number of piperidine rings is 1. The molecule has 0 N–H and O–H groups in total. The van der Waals surface area contributed by atoms with Crippen LogP contribution in [0, 0.1) is 5.92 Å². The summed E-state index contributed by atoms with van der Waals surface area (Å²) < 4.78 is 5.51. The predicted molar refractivity (Wildman–Crippen MR) is 59.6 cm³/mol. The zero-order chi connectivity index (χ0) is 10.1. The van der Waals surface area contributed by atoms with E-state index in [-0.39, 0.29) is 0 Å². The van der Waals surface area contributed by atoms with Gasteiger partial charge < -0.3 is 4.74 Å². The van der Waals surface area contributed by atoms with Gasteiger partial charge in [-0.15, -0.1) is 0 Å². The maximum atomic E-state index is 5.51. The third-order valence-electron chi connectivity index (χ3n) is 3.52. The average molecular weight is 203 g/mol. The normalized spacial score (nSPS) is 30.7. The van der Waals surface area contributed by atoms with Crippen LogP contribution in [0.5, 0.6) is 0 Å². The van der Waals surface area contributed by atoms with Gasteiger partial charge in [-0.25, -0.2) is 0 Å². The van der Waals surface area contributed by atoms with Gasteiger partial charge in [0.05, 0.1) is 12.7 Å². The summed E-state index contributed by atoms with van der Waals surface area (Å²) in [5, 5.41) is 0. The Labute approximate surface area is 90.8 Å². The van der Waals surface area contributed by atoms with E-state index in [1.165, 1.54) is 25.1 Å². The van der Waals surface area contributed by atoms with Crippen molar-refractivity contribution < 1.29 is 4.74 Å². The first-order valence-corrected chi connectivity index (χ1v) is 5.80. The van der Waals surface area contributed by atoms with E-state index in [2.05, 4.69) is 35.2 Å². The number of fused-ring (bicyclic) bond motifs is 1. The van der Waals surface area contributed by atoms with Crippen molar-refractivity contribution >= 4 is 0 Å². The second kappa shape index (κ2) is 3.95. The lowest BCUT2D eigenvalue weighted by Gasteiger charge is -2.45. The molecule has 0 saturated carbocycles. The molecule has 0 aliphatic carbocycles. The Balaban J connectivity index is 1.60. The summed E-state index contributed by atoms with van der Waals surface area (Å²) in [5.41, 5.74) is 1.43. The molecule has 1 aromatic carbocycles. The number of benzene rings is 1. The van der Waals surface area contributed by atoms with Crippen molar-refractivity contribution in [3.8, 4) is 0 Å². The van der Waals surface area contributed by atoms with Gasteiger partial charge in [0.15, 0.2) is 0 Å². The highest BCUT2D eigenvalue weighted by molar-refractivity contribution is 5.14. The molecule has 1 aromatic rings. The van der Waals surface area contributed by atoms with Gasteiger partial charge in [0.1, 0.15) is 0 Å². The molecular weight excluding hydrogens is 186 g/mol. The highest BCUT2D eigenvalue weighted by Crippen LogP contribution is 2.29. The number of likely N-dealkylation sites (tertiary alicyclic amines) is 1. The molecule has 2 atom stereocenters. The van der Waals surface area contributed by atoms with Gasteiger partial charge in [-0.3, -0.25) is 4.90 Å². The van der Waals surface area contributed by atoms with Crippen molar-refractivity contribution in [1.82, 2.24) is 4.90 Å². The number of rotatable bonds is 2. The molecule has 0 amide bonds. The first kappa shape index (κ1) is 9.37. The fourth-order valence-corrected chi connectivity index (χ4v) is 2.58. The Hall–Kier alpha value is -0.860. The average Bonchev–Trinajstić information content (AvgIpc) is 2.24. The number of ether oxygens (including phenoxy) is 1. The first-order valence-electron chi connectivity index (χ1n) is 5.80. The molecule has 2 aliphatic rings. The molecule has 2 fully saturated rings. The van der Waals surface area contributed by atoms with Gasteiger partial charge in [-0.1, -0.05) is 30.3 Å². The van der Waals surface area contributed by atoms with Crippen LogP contribution in [0.1, 0.15) is 12.0 Å². The third-order valence-corrected chi connectivity index (χ3v) is 3.52. The SMILES string of the molecule is c1ccc(CN2CC[C@H]3OC[C@H]3C2)cc1. The third kappa shape index (κ3) is 1.92. The van der Waals surface area contributed by atoms with E-state index in [9.17, 15) is 0 Å². The minimum atomic E-state index is 0.581. The lowest BCUT2D eigenvalue weighted by atomic mass is 9.90. The Kier molecular flexibility index (Phi) is 2.47. The summed E-state index contributed by atoms with van der Waals surface area (Å²) in [5.74, 6) is 0.808. The smallest absolute Gasteiger partial charge is 0.0649 e. The Morgan fingerprint density at radius 1 is 1.27 bits per heavy atom. The van der Waals surface area contributed by atoms with Gasteiger partial charge in [-0.05, 0) is 12.0 Å². The summed E-state index contributed by atoms with van der Waals surface area (Å²) in [6.07, 6.45) is 1.80. The van der Waals surface area contributed by atoms with Crippen LogP contribution in [0.25, 0.3) is 0 Å². The lowest BCUT2D eigenvalue weighted by molar-refractivity contribution is -0.149. The maximum absolute atomic E-state index is 5.51. The highest BCUT2D eigenvalue weighted by atomic mass is 16.5. The zero-order valence-electron chi connectivity index (χ0n) is 8.93. The summed E-state index contributed by atoms with van der Waals surface area (Å²) in [6, 6.07) is 10.7. The van der Waals surface area contributed by atoms with E-state index in [0.717, 1.165) is 19.1 Å².